The van der Waals surface area contributed by atoms with E-state index in [4.69, 9.17) is 0 Å². The highest BCUT2D eigenvalue weighted by molar-refractivity contribution is 8.00. The van der Waals surface area contributed by atoms with E-state index >= 15 is 0 Å². The molecule has 1 aromatic heterocycles. The quantitative estimate of drug-likeness (QED) is 0.592. The highest BCUT2D eigenvalue weighted by Crippen LogP contribution is 2.31. The molecule has 0 saturated carbocycles. The van der Waals surface area contributed by atoms with Gasteiger partial charge in [-0.1, -0.05) is 36.0 Å². The molecule has 7 heteroatoms. The van der Waals surface area contributed by atoms with E-state index in [1.165, 1.54) is 4.70 Å². The topological polar surface area (TPSA) is 71.1 Å². The average molecular weight is 400 g/mol. The van der Waals surface area contributed by atoms with Crippen LogP contribution < -0.4 is 10.6 Å². The molecule has 0 radical (unpaired) electrons. The lowest BCUT2D eigenvalue weighted by Crippen LogP contribution is -2.39. The van der Waals surface area contributed by atoms with Gasteiger partial charge in [0.15, 0.2) is 4.34 Å². The molecule has 1 heterocycles. The number of nitrogens with one attached hydrogen (secondary N) is 2. The van der Waals surface area contributed by atoms with E-state index in [0.29, 0.717) is 5.56 Å². The van der Waals surface area contributed by atoms with E-state index in [0.717, 1.165) is 21.2 Å². The molecular formula is C20H21N3O2S2. The Morgan fingerprint density at radius 2 is 1.85 bits per heavy atom. The van der Waals surface area contributed by atoms with E-state index in [-0.39, 0.29) is 24.4 Å². The van der Waals surface area contributed by atoms with Crippen molar-refractivity contribution in [3.63, 3.8) is 0 Å². The Morgan fingerprint density at radius 3 is 2.56 bits per heavy atom. The minimum atomic E-state index is -0.251. The van der Waals surface area contributed by atoms with E-state index < -0.39 is 0 Å². The lowest BCUT2D eigenvalue weighted by molar-refractivity contribution is -0.120. The fraction of sp³-hybridized carbons (Fsp3) is 0.250. The molecule has 0 atom stereocenters. The van der Waals surface area contributed by atoms with Gasteiger partial charge in [0.05, 0.1) is 16.8 Å². The van der Waals surface area contributed by atoms with E-state index in [9.17, 15) is 9.59 Å². The van der Waals surface area contributed by atoms with Crippen molar-refractivity contribution < 1.29 is 9.59 Å². The Hall–Kier alpha value is -2.38. The van der Waals surface area contributed by atoms with Crippen LogP contribution in [0.3, 0.4) is 0 Å². The standard InChI is InChI=1S/C20H21N3O2S2/c1-13(2)22-18(24)11-21-19(25)15-9-7-14(8-10-15)12-26-20-23-16-5-3-4-6-17(16)27-20/h3-10,13H,11-12H2,1-2H3,(H,21,25)(H,22,24). The summed E-state index contributed by atoms with van der Waals surface area (Å²) in [5, 5.41) is 5.37. The fourth-order valence-corrected chi connectivity index (χ4v) is 4.47. The number of rotatable bonds is 7. The van der Waals surface area contributed by atoms with Gasteiger partial charge in [0, 0.05) is 17.4 Å². The van der Waals surface area contributed by atoms with Crippen molar-refractivity contribution in [2.45, 2.75) is 30.0 Å². The van der Waals surface area contributed by atoms with Gasteiger partial charge in [0.2, 0.25) is 5.91 Å². The number of para-hydroxylation sites is 1. The van der Waals surface area contributed by atoms with Crippen molar-refractivity contribution in [3.8, 4) is 0 Å². The summed E-state index contributed by atoms with van der Waals surface area (Å²) < 4.78 is 2.22. The Labute approximate surface area is 166 Å². The zero-order valence-corrected chi connectivity index (χ0v) is 16.8. The largest absolute Gasteiger partial charge is 0.352 e. The van der Waals surface area contributed by atoms with Crippen LogP contribution in [-0.4, -0.2) is 29.4 Å². The van der Waals surface area contributed by atoms with Gasteiger partial charge in [0.25, 0.3) is 5.91 Å². The van der Waals surface area contributed by atoms with Crippen LogP contribution in [0.25, 0.3) is 10.2 Å². The molecule has 0 fully saturated rings. The van der Waals surface area contributed by atoms with Gasteiger partial charge < -0.3 is 10.6 Å². The SMILES string of the molecule is CC(C)NC(=O)CNC(=O)c1ccc(CSc2nc3ccccc3s2)cc1. The lowest BCUT2D eigenvalue weighted by atomic mass is 10.1. The minimum absolute atomic E-state index is 0.0216. The summed E-state index contributed by atoms with van der Waals surface area (Å²) in [4.78, 5) is 28.3. The van der Waals surface area contributed by atoms with Crippen LogP contribution in [0.2, 0.25) is 0 Å². The number of nitrogens with zero attached hydrogens (tertiary/aromatic N) is 1. The van der Waals surface area contributed by atoms with Crippen molar-refractivity contribution in [1.82, 2.24) is 15.6 Å². The second-order valence-electron chi connectivity index (χ2n) is 6.34. The van der Waals surface area contributed by atoms with Crippen molar-refractivity contribution in [2.24, 2.45) is 0 Å². The summed E-state index contributed by atoms with van der Waals surface area (Å²) in [5.74, 6) is 0.347. The Bertz CT molecular complexity index is 903. The van der Waals surface area contributed by atoms with E-state index in [1.54, 1.807) is 35.2 Å². The normalized spacial score (nSPS) is 10.9. The molecule has 0 unspecified atom stereocenters. The molecule has 3 rings (SSSR count). The van der Waals surface area contributed by atoms with Crippen LogP contribution >= 0.6 is 23.1 Å². The number of amides is 2. The highest BCUT2D eigenvalue weighted by Gasteiger charge is 2.09. The van der Waals surface area contributed by atoms with Gasteiger partial charge in [-0.2, -0.15) is 0 Å². The molecule has 2 aromatic carbocycles. The number of thiazole rings is 1. The molecular weight excluding hydrogens is 378 g/mol. The van der Waals surface area contributed by atoms with Crippen LogP contribution in [0.5, 0.6) is 0 Å². The number of hydrogen-bond acceptors (Lipinski definition) is 5. The Balaban J connectivity index is 1.52. The summed E-state index contributed by atoms with van der Waals surface area (Å²) in [5.41, 5.74) is 2.69. The molecule has 0 aliphatic rings. The van der Waals surface area contributed by atoms with E-state index in [1.807, 2.05) is 44.2 Å². The van der Waals surface area contributed by atoms with Gasteiger partial charge in [-0.15, -0.1) is 11.3 Å². The van der Waals surface area contributed by atoms with Crippen LogP contribution in [0, 0.1) is 0 Å². The summed E-state index contributed by atoms with van der Waals surface area (Å²) >= 11 is 3.38. The number of benzene rings is 2. The third-order valence-corrected chi connectivity index (χ3v) is 5.96. The molecule has 2 N–H and O–H groups in total. The van der Waals surface area contributed by atoms with Crippen molar-refractivity contribution in [3.05, 3.63) is 59.7 Å². The number of thioether (sulfide) groups is 1. The number of fused-ring (bicyclic) bond motifs is 1. The molecule has 3 aromatic rings. The zero-order chi connectivity index (χ0) is 19.2. The minimum Gasteiger partial charge on any atom is -0.352 e. The first-order valence-corrected chi connectivity index (χ1v) is 10.5. The maximum atomic E-state index is 12.1. The van der Waals surface area contributed by atoms with Crippen LogP contribution in [-0.2, 0) is 10.5 Å². The third-order valence-electron chi connectivity index (χ3n) is 3.71. The molecule has 2 amide bonds. The first kappa shape index (κ1) is 19.4. The lowest BCUT2D eigenvalue weighted by Gasteiger charge is -2.09. The van der Waals surface area contributed by atoms with Crippen molar-refractivity contribution in [1.29, 1.82) is 0 Å². The van der Waals surface area contributed by atoms with Crippen molar-refractivity contribution in [2.75, 3.05) is 6.54 Å². The fourth-order valence-electron chi connectivity index (χ4n) is 2.45. The average Bonchev–Trinajstić information content (AvgIpc) is 3.07. The first-order chi connectivity index (χ1) is 13.0. The van der Waals surface area contributed by atoms with Gasteiger partial charge in [0.1, 0.15) is 0 Å². The van der Waals surface area contributed by atoms with Gasteiger partial charge in [-0.25, -0.2) is 4.98 Å². The summed E-state index contributed by atoms with van der Waals surface area (Å²) in [6.45, 7) is 3.74. The molecule has 0 aliphatic carbocycles. The molecule has 0 bridgehead atoms. The second-order valence-corrected chi connectivity index (χ2v) is 8.59. The van der Waals surface area contributed by atoms with Crippen LogP contribution in [0.4, 0.5) is 0 Å². The number of aromatic nitrogens is 1. The first-order valence-electron chi connectivity index (χ1n) is 8.66. The number of hydrogen-bond donors (Lipinski definition) is 2. The zero-order valence-electron chi connectivity index (χ0n) is 15.2. The molecule has 0 aliphatic heterocycles. The predicted octanol–water partition coefficient (Wildman–Crippen LogP) is 3.84. The molecule has 27 heavy (non-hydrogen) atoms. The maximum Gasteiger partial charge on any atom is 0.251 e. The summed E-state index contributed by atoms with van der Waals surface area (Å²) in [7, 11) is 0. The number of carbonyl (C=O) groups is 2. The Morgan fingerprint density at radius 1 is 1.11 bits per heavy atom. The van der Waals surface area contributed by atoms with Gasteiger partial charge in [-0.3, -0.25) is 9.59 Å². The second kappa shape index (κ2) is 9.01. The maximum absolute atomic E-state index is 12.1. The van der Waals surface area contributed by atoms with Crippen LogP contribution in [0.15, 0.2) is 52.9 Å². The highest BCUT2D eigenvalue weighted by atomic mass is 32.2. The predicted molar refractivity (Wildman–Crippen MR) is 111 cm³/mol. The Kier molecular flexibility index (Phi) is 6.47. The molecule has 0 spiro atoms. The van der Waals surface area contributed by atoms with Gasteiger partial charge >= 0.3 is 0 Å². The summed E-state index contributed by atoms with van der Waals surface area (Å²) in [6.07, 6.45) is 0. The molecule has 0 saturated heterocycles. The third kappa shape index (κ3) is 5.55. The number of carbonyl (C=O) groups excluding carboxylic acids is 2. The van der Waals surface area contributed by atoms with E-state index in [2.05, 4.69) is 21.7 Å². The summed E-state index contributed by atoms with van der Waals surface area (Å²) in [6, 6.07) is 15.6. The van der Waals surface area contributed by atoms with Gasteiger partial charge in [-0.05, 0) is 43.7 Å². The smallest absolute Gasteiger partial charge is 0.251 e. The van der Waals surface area contributed by atoms with Crippen LogP contribution in [0.1, 0.15) is 29.8 Å². The monoisotopic (exact) mass is 399 g/mol. The molecule has 5 nitrogen and oxygen atoms in total. The molecule has 140 valence electrons. The van der Waals surface area contributed by atoms with Crippen molar-refractivity contribution >= 4 is 45.1 Å².